The first kappa shape index (κ1) is 11.0. The third-order valence-corrected chi connectivity index (χ3v) is 2.54. The van der Waals surface area contributed by atoms with Crippen LogP contribution in [0.3, 0.4) is 0 Å². The van der Waals surface area contributed by atoms with Gasteiger partial charge in [-0.3, -0.25) is 4.79 Å². The molecule has 1 aromatic rings. The average Bonchev–Trinajstić information content (AvgIpc) is 2.69. The van der Waals surface area contributed by atoms with E-state index in [1.807, 2.05) is 0 Å². The molecule has 0 saturated carbocycles. The van der Waals surface area contributed by atoms with Crippen LogP contribution in [0.2, 0.25) is 0 Å². The van der Waals surface area contributed by atoms with Crippen molar-refractivity contribution < 1.29 is 9.21 Å². The minimum Gasteiger partial charge on any atom is -0.461 e. The molecular weight excluding hydrogens is 176 g/mol. The normalized spacial score (nSPS) is 12.7. The van der Waals surface area contributed by atoms with E-state index < -0.39 is 0 Å². The van der Waals surface area contributed by atoms with Crippen LogP contribution >= 0.6 is 0 Å². The zero-order valence-electron chi connectivity index (χ0n) is 8.95. The van der Waals surface area contributed by atoms with Gasteiger partial charge in [0.15, 0.2) is 11.5 Å². The second kappa shape index (κ2) is 5.63. The smallest absolute Gasteiger partial charge is 0.198 e. The molecular formula is C12H18O2. The molecule has 0 radical (unpaired) electrons. The predicted octanol–water partition coefficient (Wildman–Crippen LogP) is 3.68. The van der Waals surface area contributed by atoms with E-state index in [9.17, 15) is 4.79 Å². The van der Waals surface area contributed by atoms with Gasteiger partial charge in [-0.15, -0.1) is 0 Å². The lowest BCUT2D eigenvalue weighted by Gasteiger charge is -2.11. The third-order valence-electron chi connectivity index (χ3n) is 2.54. The maximum atomic E-state index is 11.7. The third kappa shape index (κ3) is 3.02. The van der Waals surface area contributed by atoms with E-state index in [0.717, 1.165) is 19.3 Å². The molecule has 1 rings (SSSR count). The van der Waals surface area contributed by atoms with Gasteiger partial charge in [-0.25, -0.2) is 0 Å². The van der Waals surface area contributed by atoms with E-state index in [2.05, 4.69) is 13.8 Å². The molecule has 14 heavy (non-hydrogen) atoms. The maximum absolute atomic E-state index is 11.7. The summed E-state index contributed by atoms with van der Waals surface area (Å²) in [6.07, 6.45) is 5.51. The molecule has 0 aliphatic rings. The lowest BCUT2D eigenvalue weighted by molar-refractivity contribution is 0.0930. The average molecular weight is 194 g/mol. The van der Waals surface area contributed by atoms with Crippen molar-refractivity contribution in [1.82, 2.24) is 0 Å². The Morgan fingerprint density at radius 2 is 2.29 bits per heavy atom. The molecule has 0 amide bonds. The number of Topliss-reactive ketones (excluding diaryl/α,β-unsaturated/α-hetero) is 1. The van der Waals surface area contributed by atoms with Crippen LogP contribution in [0.25, 0.3) is 0 Å². The van der Waals surface area contributed by atoms with Crippen LogP contribution in [0.5, 0.6) is 0 Å². The number of carbonyl (C=O) groups is 1. The summed E-state index contributed by atoms with van der Waals surface area (Å²) in [5.41, 5.74) is 0. The van der Waals surface area contributed by atoms with E-state index in [-0.39, 0.29) is 5.78 Å². The predicted molar refractivity (Wildman–Crippen MR) is 56.3 cm³/mol. The van der Waals surface area contributed by atoms with Gasteiger partial charge < -0.3 is 4.42 Å². The lowest BCUT2D eigenvalue weighted by Crippen LogP contribution is -2.07. The van der Waals surface area contributed by atoms with Gasteiger partial charge in [0.1, 0.15) is 0 Å². The molecule has 2 heteroatoms. The zero-order valence-corrected chi connectivity index (χ0v) is 8.95. The Hall–Kier alpha value is -1.05. The van der Waals surface area contributed by atoms with Crippen molar-refractivity contribution in [3.8, 4) is 0 Å². The summed E-state index contributed by atoms with van der Waals surface area (Å²) in [6, 6.07) is 3.50. The van der Waals surface area contributed by atoms with Crippen molar-refractivity contribution in [3.05, 3.63) is 24.2 Å². The summed E-state index contributed by atoms with van der Waals surface area (Å²) in [5, 5.41) is 0. The van der Waals surface area contributed by atoms with Crippen LogP contribution in [0.1, 0.15) is 50.1 Å². The molecule has 0 fully saturated rings. The summed E-state index contributed by atoms with van der Waals surface area (Å²) >= 11 is 0. The largest absolute Gasteiger partial charge is 0.461 e. The standard InChI is InChI=1S/C12H18O2/c1-3-6-10(4-2)9-11(13)12-7-5-8-14-12/h5,7-8,10H,3-4,6,9H2,1-2H3. The van der Waals surface area contributed by atoms with Crippen molar-refractivity contribution >= 4 is 5.78 Å². The van der Waals surface area contributed by atoms with Crippen LogP contribution in [0.15, 0.2) is 22.8 Å². The maximum Gasteiger partial charge on any atom is 0.198 e. The SMILES string of the molecule is CCCC(CC)CC(=O)c1ccco1. The fraction of sp³-hybridized carbons (Fsp3) is 0.583. The zero-order chi connectivity index (χ0) is 10.4. The summed E-state index contributed by atoms with van der Waals surface area (Å²) in [4.78, 5) is 11.7. The molecule has 1 aromatic heterocycles. The molecule has 0 aliphatic heterocycles. The van der Waals surface area contributed by atoms with Crippen molar-refractivity contribution in [2.45, 2.75) is 39.5 Å². The monoisotopic (exact) mass is 194 g/mol. The van der Waals surface area contributed by atoms with Gasteiger partial charge in [-0.05, 0) is 18.1 Å². The fourth-order valence-corrected chi connectivity index (χ4v) is 1.66. The minimum absolute atomic E-state index is 0.135. The number of carbonyl (C=O) groups excluding carboxylic acids is 1. The number of ketones is 1. The number of rotatable bonds is 6. The van der Waals surface area contributed by atoms with Gasteiger partial charge >= 0.3 is 0 Å². The van der Waals surface area contributed by atoms with Gasteiger partial charge in [0.05, 0.1) is 6.26 Å². The lowest BCUT2D eigenvalue weighted by atomic mass is 9.94. The molecule has 0 aliphatic carbocycles. The highest BCUT2D eigenvalue weighted by Gasteiger charge is 2.14. The Bertz CT molecular complexity index is 262. The van der Waals surface area contributed by atoms with Crippen molar-refractivity contribution in [2.24, 2.45) is 5.92 Å². The van der Waals surface area contributed by atoms with Crippen molar-refractivity contribution in [1.29, 1.82) is 0 Å². The Labute approximate surface area is 85.3 Å². The topological polar surface area (TPSA) is 30.2 Å². The van der Waals surface area contributed by atoms with Crippen LogP contribution in [0, 0.1) is 5.92 Å². The van der Waals surface area contributed by atoms with Crippen LogP contribution in [-0.2, 0) is 0 Å². The molecule has 1 heterocycles. The van der Waals surface area contributed by atoms with Crippen LogP contribution < -0.4 is 0 Å². The first-order chi connectivity index (χ1) is 6.77. The summed E-state index contributed by atoms with van der Waals surface area (Å²) in [6.45, 7) is 4.29. The van der Waals surface area contributed by atoms with E-state index >= 15 is 0 Å². The Balaban J connectivity index is 2.47. The quantitative estimate of drug-likeness (QED) is 0.647. The van der Waals surface area contributed by atoms with Gasteiger partial charge in [0, 0.05) is 6.42 Å². The van der Waals surface area contributed by atoms with Crippen LogP contribution in [-0.4, -0.2) is 5.78 Å². The summed E-state index contributed by atoms with van der Waals surface area (Å²) in [7, 11) is 0. The van der Waals surface area contributed by atoms with E-state index in [0.29, 0.717) is 18.1 Å². The highest BCUT2D eigenvalue weighted by atomic mass is 16.3. The first-order valence-corrected chi connectivity index (χ1v) is 5.34. The molecule has 0 N–H and O–H groups in total. The minimum atomic E-state index is 0.135. The van der Waals surface area contributed by atoms with E-state index in [4.69, 9.17) is 4.42 Å². The van der Waals surface area contributed by atoms with Gasteiger partial charge in [-0.2, -0.15) is 0 Å². The fourth-order valence-electron chi connectivity index (χ4n) is 1.66. The van der Waals surface area contributed by atoms with Gasteiger partial charge in [0.25, 0.3) is 0 Å². The van der Waals surface area contributed by atoms with Crippen molar-refractivity contribution in [3.63, 3.8) is 0 Å². The molecule has 2 nitrogen and oxygen atoms in total. The number of furan rings is 1. The molecule has 0 spiro atoms. The highest BCUT2D eigenvalue weighted by Crippen LogP contribution is 2.18. The molecule has 78 valence electrons. The van der Waals surface area contributed by atoms with Gasteiger partial charge in [0.2, 0.25) is 0 Å². The number of hydrogen-bond acceptors (Lipinski definition) is 2. The Morgan fingerprint density at radius 3 is 2.79 bits per heavy atom. The summed E-state index contributed by atoms with van der Waals surface area (Å²) < 4.78 is 5.07. The Morgan fingerprint density at radius 1 is 1.50 bits per heavy atom. The molecule has 0 aromatic carbocycles. The second-order valence-corrected chi connectivity index (χ2v) is 3.67. The van der Waals surface area contributed by atoms with Gasteiger partial charge in [-0.1, -0.05) is 33.1 Å². The second-order valence-electron chi connectivity index (χ2n) is 3.67. The van der Waals surface area contributed by atoms with E-state index in [1.54, 1.807) is 18.4 Å². The Kier molecular flexibility index (Phi) is 4.44. The molecule has 1 unspecified atom stereocenters. The first-order valence-electron chi connectivity index (χ1n) is 5.34. The van der Waals surface area contributed by atoms with E-state index in [1.165, 1.54) is 0 Å². The summed E-state index contributed by atoms with van der Waals surface area (Å²) in [5.74, 6) is 1.15. The highest BCUT2D eigenvalue weighted by molar-refractivity contribution is 5.93. The molecule has 0 bridgehead atoms. The molecule has 1 atom stereocenters. The van der Waals surface area contributed by atoms with Crippen molar-refractivity contribution in [2.75, 3.05) is 0 Å². The van der Waals surface area contributed by atoms with Crippen LogP contribution in [0.4, 0.5) is 0 Å². The molecule has 0 saturated heterocycles. The number of hydrogen-bond donors (Lipinski definition) is 0.